The van der Waals surface area contributed by atoms with Crippen molar-refractivity contribution in [2.24, 2.45) is 11.8 Å². The molecule has 0 heterocycles. The van der Waals surface area contributed by atoms with Gasteiger partial charge in [0.25, 0.3) is 0 Å². The van der Waals surface area contributed by atoms with Crippen LogP contribution in [-0.4, -0.2) is 37.1 Å². The number of rotatable bonds is 8. The maximum Gasteiger partial charge on any atom is 1.00 e. The quantitative estimate of drug-likeness (QED) is 0.511. The predicted molar refractivity (Wildman–Crippen MR) is 98.0 cm³/mol. The summed E-state index contributed by atoms with van der Waals surface area (Å²) >= 11 is 0. The lowest BCUT2D eigenvalue weighted by atomic mass is 9.68. The third kappa shape index (κ3) is 4.03. The third-order valence-electron chi connectivity index (χ3n) is 6.25. The van der Waals surface area contributed by atoms with Crippen LogP contribution in [0, 0.1) is 11.8 Å². The molecule has 0 N–H and O–H groups in total. The standard InChI is InChI=1S/C21H31NO2.ClH/c1-3-22(4-2)13-8-14-24-20(23)21(18-9-6-5-7-10-18)16-17-11-12-19(21)15-17;/h5-7,9-10,17,19H,3-4,8,11-16H2,1-2H3;1H. The van der Waals surface area contributed by atoms with Crippen molar-refractivity contribution < 1.29 is 23.4 Å². The van der Waals surface area contributed by atoms with E-state index in [9.17, 15) is 4.79 Å². The zero-order valence-electron chi connectivity index (χ0n) is 16.5. The van der Waals surface area contributed by atoms with Crippen LogP contribution in [0.5, 0.6) is 0 Å². The average molecular weight is 366 g/mol. The Morgan fingerprint density at radius 1 is 1.24 bits per heavy atom. The molecule has 0 amide bonds. The van der Waals surface area contributed by atoms with Crippen molar-refractivity contribution >= 4 is 5.97 Å². The van der Waals surface area contributed by atoms with Gasteiger partial charge in [0.05, 0.1) is 12.0 Å². The highest BCUT2D eigenvalue weighted by Gasteiger charge is 2.57. The molecule has 3 rings (SSSR count). The van der Waals surface area contributed by atoms with Crippen LogP contribution in [0.3, 0.4) is 0 Å². The van der Waals surface area contributed by atoms with Crippen LogP contribution in [0.1, 0.15) is 52.9 Å². The molecule has 0 saturated heterocycles. The minimum atomic E-state index is -0.376. The molecule has 1 aromatic rings. The van der Waals surface area contributed by atoms with Crippen molar-refractivity contribution in [3.8, 4) is 0 Å². The molecule has 4 heteroatoms. The fourth-order valence-corrected chi connectivity index (χ4v) is 4.91. The zero-order chi connectivity index (χ0) is 17.0. The van der Waals surface area contributed by atoms with Gasteiger partial charge in [-0.1, -0.05) is 50.6 Å². The Kier molecular flexibility index (Phi) is 7.33. The molecule has 3 nitrogen and oxygen atoms in total. The summed E-state index contributed by atoms with van der Waals surface area (Å²) in [5.41, 5.74) is 0.797. The Hall–Kier alpha value is -1.06. The van der Waals surface area contributed by atoms with Gasteiger partial charge in [0.15, 0.2) is 0 Å². The van der Waals surface area contributed by atoms with E-state index >= 15 is 0 Å². The summed E-state index contributed by atoms with van der Waals surface area (Å²) in [6.07, 6.45) is 5.56. The van der Waals surface area contributed by atoms with Crippen LogP contribution >= 0.6 is 0 Å². The van der Waals surface area contributed by atoms with Gasteiger partial charge in [0.2, 0.25) is 0 Å². The Bertz CT molecular complexity index is 552. The topological polar surface area (TPSA) is 29.5 Å². The molecular weight excluding hydrogens is 334 g/mol. The number of fused-ring (bicyclic) bond motifs is 2. The van der Waals surface area contributed by atoms with E-state index in [2.05, 4.69) is 43.0 Å². The zero-order valence-corrected chi connectivity index (χ0v) is 16.3. The fourth-order valence-electron chi connectivity index (χ4n) is 4.91. The number of benzene rings is 1. The van der Waals surface area contributed by atoms with Gasteiger partial charge in [-0.15, -0.1) is 0 Å². The number of hydrogen-bond acceptors (Lipinski definition) is 3. The van der Waals surface area contributed by atoms with Crippen LogP contribution in [0.25, 0.3) is 0 Å². The molecule has 2 aliphatic rings. The normalized spacial score (nSPS) is 27.3. The summed E-state index contributed by atoms with van der Waals surface area (Å²) in [6, 6.07) is 10.4. The van der Waals surface area contributed by atoms with Crippen molar-refractivity contribution in [2.75, 3.05) is 26.2 Å². The lowest BCUT2D eigenvalue weighted by molar-refractivity contribution is -0.153. The van der Waals surface area contributed by atoms with E-state index in [1.54, 1.807) is 0 Å². The van der Waals surface area contributed by atoms with E-state index in [1.807, 2.05) is 6.07 Å². The number of ether oxygens (including phenoxy) is 1. The summed E-state index contributed by atoms with van der Waals surface area (Å²) in [5.74, 6) is 1.21. The molecule has 0 spiro atoms. The van der Waals surface area contributed by atoms with Gasteiger partial charge >= 0.3 is 7.40 Å². The Balaban J connectivity index is 0.00000169. The monoisotopic (exact) mass is 365 g/mol. The van der Waals surface area contributed by atoms with Crippen molar-refractivity contribution in [1.82, 2.24) is 4.90 Å². The molecule has 140 valence electrons. The third-order valence-corrected chi connectivity index (χ3v) is 6.25. The number of carbonyl (C=O) groups excluding carboxylic acids is 1. The maximum absolute atomic E-state index is 13.1. The van der Waals surface area contributed by atoms with Gasteiger partial charge < -0.3 is 22.0 Å². The van der Waals surface area contributed by atoms with Gasteiger partial charge in [-0.2, -0.15) is 0 Å². The molecule has 0 radical (unpaired) electrons. The molecule has 0 aromatic heterocycles. The SMILES string of the molecule is CCN(CC)CCCOC(=O)C1(c2ccccc2)CC2CCC1C2.[Cl-].[H+]. The second-order valence-corrected chi connectivity index (χ2v) is 7.43. The first-order chi connectivity index (χ1) is 11.7. The minimum absolute atomic E-state index is 0. The summed E-state index contributed by atoms with van der Waals surface area (Å²) in [6.45, 7) is 8.01. The maximum atomic E-state index is 13.1. The average Bonchev–Trinajstić information content (AvgIpc) is 3.24. The molecule has 2 saturated carbocycles. The van der Waals surface area contributed by atoms with E-state index in [4.69, 9.17) is 4.74 Å². The van der Waals surface area contributed by atoms with Crippen LogP contribution in [0.4, 0.5) is 0 Å². The van der Waals surface area contributed by atoms with E-state index in [1.165, 1.54) is 24.8 Å². The molecular formula is C21H32ClNO2. The first kappa shape index (κ1) is 20.3. The van der Waals surface area contributed by atoms with Gasteiger partial charge in [0.1, 0.15) is 0 Å². The molecule has 2 fully saturated rings. The number of nitrogens with zero attached hydrogens (tertiary/aromatic N) is 1. The second kappa shape index (κ2) is 9.05. The lowest BCUT2D eigenvalue weighted by Crippen LogP contribution is -3.00. The van der Waals surface area contributed by atoms with E-state index < -0.39 is 0 Å². The van der Waals surface area contributed by atoms with Crippen LogP contribution < -0.4 is 12.4 Å². The smallest absolute Gasteiger partial charge is 1.00 e. The van der Waals surface area contributed by atoms with E-state index in [0.29, 0.717) is 18.4 Å². The molecule has 2 aliphatic carbocycles. The van der Waals surface area contributed by atoms with E-state index in [0.717, 1.165) is 32.5 Å². The molecule has 1 aromatic carbocycles. The summed E-state index contributed by atoms with van der Waals surface area (Å²) in [5, 5.41) is 0. The molecule has 0 aliphatic heterocycles. The predicted octanol–water partition coefficient (Wildman–Crippen LogP) is 1.14. The highest BCUT2D eigenvalue weighted by Crippen LogP contribution is 2.57. The molecule has 3 unspecified atom stereocenters. The second-order valence-electron chi connectivity index (χ2n) is 7.43. The summed E-state index contributed by atoms with van der Waals surface area (Å²) in [4.78, 5) is 15.5. The largest absolute Gasteiger partial charge is 1.00 e. The highest BCUT2D eigenvalue weighted by atomic mass is 35.5. The van der Waals surface area contributed by atoms with Crippen molar-refractivity contribution in [2.45, 2.75) is 51.4 Å². The van der Waals surface area contributed by atoms with Crippen molar-refractivity contribution in [3.63, 3.8) is 0 Å². The number of hydrogen-bond donors (Lipinski definition) is 0. The first-order valence-electron chi connectivity index (χ1n) is 9.65. The first-order valence-corrected chi connectivity index (χ1v) is 9.65. The Labute approximate surface area is 160 Å². The lowest BCUT2D eigenvalue weighted by Gasteiger charge is -2.36. The van der Waals surface area contributed by atoms with Crippen LogP contribution in [-0.2, 0) is 14.9 Å². The Morgan fingerprint density at radius 2 is 1.96 bits per heavy atom. The van der Waals surface area contributed by atoms with E-state index in [-0.39, 0.29) is 25.2 Å². The molecule has 2 bridgehead atoms. The van der Waals surface area contributed by atoms with Gasteiger partial charge in [-0.25, -0.2) is 0 Å². The number of carbonyl (C=O) groups is 1. The van der Waals surface area contributed by atoms with Gasteiger partial charge in [-0.05, 0) is 56.2 Å². The van der Waals surface area contributed by atoms with Crippen molar-refractivity contribution in [1.29, 1.82) is 0 Å². The molecule has 25 heavy (non-hydrogen) atoms. The van der Waals surface area contributed by atoms with Crippen molar-refractivity contribution in [3.05, 3.63) is 35.9 Å². The van der Waals surface area contributed by atoms with Gasteiger partial charge in [-0.3, -0.25) is 4.79 Å². The van der Waals surface area contributed by atoms with Crippen LogP contribution in [0.2, 0.25) is 0 Å². The highest BCUT2D eigenvalue weighted by molar-refractivity contribution is 5.84. The van der Waals surface area contributed by atoms with Crippen LogP contribution in [0.15, 0.2) is 30.3 Å². The Morgan fingerprint density at radius 3 is 2.52 bits per heavy atom. The number of esters is 1. The number of halogens is 1. The van der Waals surface area contributed by atoms with Gasteiger partial charge in [0, 0.05) is 6.54 Å². The fraction of sp³-hybridized carbons (Fsp3) is 0.667. The summed E-state index contributed by atoms with van der Waals surface area (Å²) in [7, 11) is 0. The minimum Gasteiger partial charge on any atom is -1.00 e. The summed E-state index contributed by atoms with van der Waals surface area (Å²) < 4.78 is 5.81. The molecule has 3 atom stereocenters.